The van der Waals surface area contributed by atoms with Gasteiger partial charge < -0.3 is 10.4 Å². The van der Waals surface area contributed by atoms with Crippen molar-refractivity contribution in [3.05, 3.63) is 23.9 Å². The van der Waals surface area contributed by atoms with Crippen LogP contribution in [0.15, 0.2) is 18.3 Å². The van der Waals surface area contributed by atoms with Crippen molar-refractivity contribution < 1.29 is 5.11 Å². The lowest BCUT2D eigenvalue weighted by molar-refractivity contribution is 0.265. The van der Waals surface area contributed by atoms with Crippen molar-refractivity contribution >= 4 is 11.6 Å². The summed E-state index contributed by atoms with van der Waals surface area (Å²) >= 11 is 0. The molecule has 1 fully saturated rings. The zero-order valence-corrected chi connectivity index (χ0v) is 9.14. The average molecular weight is 218 g/mol. The first-order valence-electron chi connectivity index (χ1n) is 5.43. The van der Waals surface area contributed by atoms with Gasteiger partial charge in [-0.2, -0.15) is 4.98 Å². The number of fused-ring (bicyclic) bond motifs is 1. The van der Waals surface area contributed by atoms with E-state index in [1.807, 2.05) is 25.3 Å². The number of aromatic nitrogens is 3. The summed E-state index contributed by atoms with van der Waals surface area (Å²) in [6.07, 6.45) is 3.84. The van der Waals surface area contributed by atoms with Gasteiger partial charge in [0.1, 0.15) is 0 Å². The van der Waals surface area contributed by atoms with E-state index in [1.54, 1.807) is 4.52 Å². The van der Waals surface area contributed by atoms with Crippen molar-refractivity contribution in [3.63, 3.8) is 0 Å². The third-order valence-electron chi connectivity index (χ3n) is 3.09. The third-order valence-corrected chi connectivity index (χ3v) is 3.09. The van der Waals surface area contributed by atoms with Crippen molar-refractivity contribution in [1.82, 2.24) is 14.6 Å². The highest BCUT2D eigenvalue weighted by molar-refractivity contribution is 5.50. The van der Waals surface area contributed by atoms with Crippen LogP contribution in [-0.4, -0.2) is 31.9 Å². The molecule has 0 unspecified atom stereocenters. The van der Waals surface area contributed by atoms with Gasteiger partial charge in [0, 0.05) is 6.20 Å². The number of anilines is 1. The van der Waals surface area contributed by atoms with Crippen molar-refractivity contribution in [3.8, 4) is 0 Å². The SMILES string of the molecule is Cc1cccn2nc(NC3(CO)CC3)nc12. The Morgan fingerprint density at radius 3 is 3.00 bits per heavy atom. The summed E-state index contributed by atoms with van der Waals surface area (Å²) in [5, 5.41) is 16.8. The van der Waals surface area contributed by atoms with Gasteiger partial charge in [-0.3, -0.25) is 0 Å². The molecule has 2 N–H and O–H groups in total. The molecule has 0 saturated heterocycles. The van der Waals surface area contributed by atoms with Crippen molar-refractivity contribution in [2.45, 2.75) is 25.3 Å². The summed E-state index contributed by atoms with van der Waals surface area (Å²) in [4.78, 5) is 4.42. The van der Waals surface area contributed by atoms with Gasteiger partial charge in [0.2, 0.25) is 5.95 Å². The van der Waals surface area contributed by atoms with Crippen LogP contribution in [0.5, 0.6) is 0 Å². The molecule has 0 aromatic carbocycles. The van der Waals surface area contributed by atoms with E-state index in [2.05, 4.69) is 15.4 Å². The molecule has 3 rings (SSSR count). The highest BCUT2D eigenvalue weighted by Gasteiger charge is 2.42. The number of rotatable bonds is 3. The minimum Gasteiger partial charge on any atom is -0.394 e. The minimum absolute atomic E-state index is 0.140. The van der Waals surface area contributed by atoms with Gasteiger partial charge in [-0.25, -0.2) is 4.52 Å². The largest absolute Gasteiger partial charge is 0.394 e. The summed E-state index contributed by atoms with van der Waals surface area (Å²) in [7, 11) is 0. The molecule has 2 aromatic heterocycles. The summed E-state index contributed by atoms with van der Waals surface area (Å²) in [6, 6.07) is 3.95. The highest BCUT2D eigenvalue weighted by atomic mass is 16.3. The lowest BCUT2D eigenvalue weighted by Crippen LogP contribution is -2.26. The molecule has 0 atom stereocenters. The fraction of sp³-hybridized carbons (Fsp3) is 0.455. The van der Waals surface area contributed by atoms with Crippen LogP contribution in [0.4, 0.5) is 5.95 Å². The van der Waals surface area contributed by atoms with Crippen LogP contribution in [0, 0.1) is 6.92 Å². The number of aryl methyl sites for hydroxylation is 1. The minimum atomic E-state index is -0.168. The number of pyridine rings is 1. The molecule has 0 spiro atoms. The van der Waals surface area contributed by atoms with E-state index in [0.717, 1.165) is 24.1 Å². The van der Waals surface area contributed by atoms with E-state index in [0.29, 0.717) is 5.95 Å². The maximum atomic E-state index is 9.22. The topological polar surface area (TPSA) is 62.5 Å². The molecule has 1 aliphatic rings. The van der Waals surface area contributed by atoms with Gasteiger partial charge >= 0.3 is 0 Å². The van der Waals surface area contributed by atoms with E-state index >= 15 is 0 Å². The number of hydrogen-bond acceptors (Lipinski definition) is 4. The molecule has 0 aliphatic heterocycles. The second kappa shape index (κ2) is 3.18. The van der Waals surface area contributed by atoms with Crippen LogP contribution in [0.25, 0.3) is 5.65 Å². The Balaban J connectivity index is 1.96. The van der Waals surface area contributed by atoms with Crippen LogP contribution >= 0.6 is 0 Å². The second-order valence-corrected chi connectivity index (χ2v) is 4.46. The Hall–Kier alpha value is -1.62. The average Bonchev–Trinajstić information content (AvgIpc) is 2.91. The standard InChI is InChI=1S/C11H14N4O/c1-8-3-2-6-15-9(8)12-10(14-15)13-11(7-16)4-5-11/h2-3,6,16H,4-5,7H2,1H3,(H,13,14). The predicted molar refractivity (Wildman–Crippen MR) is 60.4 cm³/mol. The Labute approximate surface area is 93.1 Å². The molecule has 84 valence electrons. The number of nitrogens with zero attached hydrogens (tertiary/aromatic N) is 3. The molecule has 0 radical (unpaired) electrons. The van der Waals surface area contributed by atoms with Crippen LogP contribution in [0.3, 0.4) is 0 Å². The first kappa shape index (κ1) is 9.59. The van der Waals surface area contributed by atoms with Gasteiger partial charge in [0.05, 0.1) is 12.1 Å². The fourth-order valence-electron chi connectivity index (χ4n) is 1.80. The number of hydrogen-bond donors (Lipinski definition) is 2. The third kappa shape index (κ3) is 1.44. The zero-order valence-electron chi connectivity index (χ0n) is 9.14. The van der Waals surface area contributed by atoms with Gasteiger partial charge in [-0.15, -0.1) is 5.10 Å². The van der Waals surface area contributed by atoms with E-state index in [1.165, 1.54) is 0 Å². The molecular weight excluding hydrogens is 204 g/mol. The molecule has 0 amide bonds. The zero-order chi connectivity index (χ0) is 11.2. The molecule has 1 saturated carbocycles. The Kier molecular flexibility index (Phi) is 1.91. The highest BCUT2D eigenvalue weighted by Crippen LogP contribution is 2.37. The normalized spacial score (nSPS) is 17.6. The van der Waals surface area contributed by atoms with Crippen LogP contribution in [0.1, 0.15) is 18.4 Å². The maximum Gasteiger partial charge on any atom is 0.243 e. The number of aliphatic hydroxyl groups is 1. The van der Waals surface area contributed by atoms with Gasteiger partial charge in [0.15, 0.2) is 5.65 Å². The first-order chi connectivity index (χ1) is 7.72. The predicted octanol–water partition coefficient (Wildman–Crippen LogP) is 0.975. The molecule has 5 heteroatoms. The van der Waals surface area contributed by atoms with E-state index in [9.17, 15) is 5.11 Å². The lowest BCUT2D eigenvalue weighted by atomic mass is 10.3. The van der Waals surface area contributed by atoms with E-state index in [-0.39, 0.29) is 12.1 Å². The molecule has 1 aliphatic carbocycles. The molecule has 2 aromatic rings. The Bertz CT molecular complexity index is 530. The maximum absolute atomic E-state index is 9.22. The fourth-order valence-corrected chi connectivity index (χ4v) is 1.80. The number of nitrogens with one attached hydrogen (secondary N) is 1. The summed E-state index contributed by atoms with van der Waals surface area (Å²) < 4.78 is 1.76. The lowest BCUT2D eigenvalue weighted by Gasteiger charge is -2.11. The van der Waals surface area contributed by atoms with E-state index in [4.69, 9.17) is 0 Å². The van der Waals surface area contributed by atoms with E-state index < -0.39 is 0 Å². The monoisotopic (exact) mass is 218 g/mol. The first-order valence-corrected chi connectivity index (χ1v) is 5.43. The summed E-state index contributed by atoms with van der Waals surface area (Å²) in [5.74, 6) is 0.598. The second-order valence-electron chi connectivity index (χ2n) is 4.46. The quantitative estimate of drug-likeness (QED) is 0.806. The Morgan fingerprint density at radius 1 is 1.56 bits per heavy atom. The smallest absolute Gasteiger partial charge is 0.243 e. The molecular formula is C11H14N4O. The van der Waals surface area contributed by atoms with Gasteiger partial charge in [-0.05, 0) is 31.4 Å². The molecule has 5 nitrogen and oxygen atoms in total. The molecule has 16 heavy (non-hydrogen) atoms. The van der Waals surface area contributed by atoms with Crippen molar-refractivity contribution in [2.24, 2.45) is 0 Å². The van der Waals surface area contributed by atoms with Gasteiger partial charge in [-0.1, -0.05) is 6.07 Å². The summed E-state index contributed by atoms with van der Waals surface area (Å²) in [6.45, 7) is 2.15. The number of aliphatic hydroxyl groups excluding tert-OH is 1. The van der Waals surface area contributed by atoms with Crippen LogP contribution < -0.4 is 5.32 Å². The molecule has 0 bridgehead atoms. The van der Waals surface area contributed by atoms with Crippen molar-refractivity contribution in [2.75, 3.05) is 11.9 Å². The van der Waals surface area contributed by atoms with Crippen LogP contribution in [-0.2, 0) is 0 Å². The van der Waals surface area contributed by atoms with Crippen LogP contribution in [0.2, 0.25) is 0 Å². The summed E-state index contributed by atoms with van der Waals surface area (Å²) in [5.41, 5.74) is 1.79. The Morgan fingerprint density at radius 2 is 2.38 bits per heavy atom. The van der Waals surface area contributed by atoms with Crippen molar-refractivity contribution in [1.29, 1.82) is 0 Å². The van der Waals surface area contributed by atoms with Gasteiger partial charge in [0.25, 0.3) is 0 Å². The molecule has 2 heterocycles.